The van der Waals surface area contributed by atoms with Crippen LogP contribution in [-0.2, 0) is 4.79 Å². The van der Waals surface area contributed by atoms with Crippen molar-refractivity contribution in [2.24, 2.45) is 5.92 Å². The summed E-state index contributed by atoms with van der Waals surface area (Å²) >= 11 is 0. The number of amides is 1. The standard InChI is InChI=1S/C27H35N7O3/c1-17(2)24-25(19-12-21(36-5)27-28-16-29-34(27)13-19)30-20-6-7-22(31-26(20)24)37-15-18-8-10-33(11-9-18)14-23(35)32(3)4/h6-7,12-13,16-18,30H,8-11,14-15H2,1-5H3. The number of nitrogens with one attached hydrogen (secondary N) is 1. The molecule has 0 aliphatic carbocycles. The molecule has 37 heavy (non-hydrogen) atoms. The zero-order valence-electron chi connectivity index (χ0n) is 22.2. The predicted molar refractivity (Wildman–Crippen MR) is 142 cm³/mol. The van der Waals surface area contributed by atoms with Gasteiger partial charge in [0, 0.05) is 37.5 Å². The summed E-state index contributed by atoms with van der Waals surface area (Å²) in [6.45, 7) is 7.28. The van der Waals surface area contributed by atoms with Crippen molar-refractivity contribution in [2.75, 3.05) is 47.4 Å². The van der Waals surface area contributed by atoms with Gasteiger partial charge in [0.1, 0.15) is 6.33 Å². The molecule has 196 valence electrons. The molecule has 10 heteroatoms. The maximum atomic E-state index is 12.0. The zero-order chi connectivity index (χ0) is 26.1. The van der Waals surface area contributed by atoms with E-state index in [1.807, 2.05) is 24.4 Å². The van der Waals surface area contributed by atoms with Gasteiger partial charge in [0.25, 0.3) is 0 Å². The number of carbonyl (C=O) groups is 1. The number of rotatable bonds is 8. The average Bonchev–Trinajstić information content (AvgIpc) is 3.52. The molecule has 0 aromatic carbocycles. The Hall–Kier alpha value is -3.66. The second-order valence-corrected chi connectivity index (χ2v) is 10.3. The predicted octanol–water partition coefficient (Wildman–Crippen LogP) is 3.58. The third kappa shape index (κ3) is 5.11. The second kappa shape index (κ2) is 10.4. The summed E-state index contributed by atoms with van der Waals surface area (Å²) in [6.07, 6.45) is 5.51. The Morgan fingerprint density at radius 2 is 2.03 bits per heavy atom. The smallest absolute Gasteiger partial charge is 0.236 e. The van der Waals surface area contributed by atoms with Crippen LogP contribution in [-0.4, -0.2) is 87.7 Å². The number of likely N-dealkylation sites (N-methyl/N-ethyl adjacent to an activating group) is 1. The highest BCUT2D eigenvalue weighted by Gasteiger charge is 2.23. The van der Waals surface area contributed by atoms with Crippen molar-refractivity contribution in [1.29, 1.82) is 0 Å². The van der Waals surface area contributed by atoms with Crippen molar-refractivity contribution < 1.29 is 14.3 Å². The molecule has 0 atom stereocenters. The summed E-state index contributed by atoms with van der Waals surface area (Å²) in [7, 11) is 5.25. The molecule has 0 radical (unpaired) electrons. The van der Waals surface area contributed by atoms with Crippen molar-refractivity contribution in [3.05, 3.63) is 36.3 Å². The van der Waals surface area contributed by atoms with Crippen LogP contribution in [0.1, 0.15) is 38.2 Å². The van der Waals surface area contributed by atoms with Crippen LogP contribution in [0.15, 0.2) is 30.7 Å². The molecule has 0 saturated carbocycles. The first-order chi connectivity index (χ1) is 17.8. The molecule has 1 amide bonds. The van der Waals surface area contributed by atoms with Crippen molar-refractivity contribution >= 4 is 22.6 Å². The highest BCUT2D eigenvalue weighted by molar-refractivity contribution is 5.89. The van der Waals surface area contributed by atoms with E-state index in [0.29, 0.717) is 36.3 Å². The minimum Gasteiger partial charge on any atom is -0.493 e. The van der Waals surface area contributed by atoms with Gasteiger partial charge in [-0.15, -0.1) is 0 Å². The van der Waals surface area contributed by atoms with Crippen molar-refractivity contribution in [3.63, 3.8) is 0 Å². The topological polar surface area (TPSA) is 101 Å². The molecule has 0 bridgehead atoms. The lowest BCUT2D eigenvalue weighted by Gasteiger charge is -2.31. The number of hydrogen-bond donors (Lipinski definition) is 1. The molecule has 1 fully saturated rings. The van der Waals surface area contributed by atoms with Gasteiger partial charge < -0.3 is 19.4 Å². The fraction of sp³-hybridized carbons (Fsp3) is 0.481. The van der Waals surface area contributed by atoms with Gasteiger partial charge in [-0.3, -0.25) is 9.69 Å². The quantitative estimate of drug-likeness (QED) is 0.391. The van der Waals surface area contributed by atoms with Gasteiger partial charge in [-0.2, -0.15) is 5.10 Å². The summed E-state index contributed by atoms with van der Waals surface area (Å²) in [5.41, 5.74) is 5.63. The van der Waals surface area contributed by atoms with Gasteiger partial charge >= 0.3 is 0 Å². The maximum absolute atomic E-state index is 12.0. The number of likely N-dealkylation sites (tertiary alicyclic amines) is 1. The van der Waals surface area contributed by atoms with E-state index < -0.39 is 0 Å². The number of piperidine rings is 1. The Kier molecular flexibility index (Phi) is 7.01. The second-order valence-electron chi connectivity index (χ2n) is 10.3. The van der Waals surface area contributed by atoms with Crippen LogP contribution in [0.2, 0.25) is 0 Å². The van der Waals surface area contributed by atoms with Crippen LogP contribution in [0.25, 0.3) is 27.9 Å². The molecule has 0 spiro atoms. The van der Waals surface area contributed by atoms with Gasteiger partial charge in [0.15, 0.2) is 11.4 Å². The molecule has 4 aromatic heterocycles. The monoisotopic (exact) mass is 505 g/mol. The number of pyridine rings is 2. The number of H-pyrrole nitrogens is 1. The van der Waals surface area contributed by atoms with Gasteiger partial charge in [0.05, 0.1) is 37.0 Å². The number of aromatic amines is 1. The highest BCUT2D eigenvalue weighted by atomic mass is 16.5. The van der Waals surface area contributed by atoms with Crippen LogP contribution in [0, 0.1) is 5.92 Å². The third-order valence-electron chi connectivity index (χ3n) is 7.11. The zero-order valence-corrected chi connectivity index (χ0v) is 22.2. The van der Waals surface area contributed by atoms with Crippen molar-refractivity contribution in [2.45, 2.75) is 32.6 Å². The van der Waals surface area contributed by atoms with Crippen molar-refractivity contribution in [3.8, 4) is 22.9 Å². The number of nitrogens with zero attached hydrogens (tertiary/aromatic N) is 6. The number of fused-ring (bicyclic) bond motifs is 2. The Bertz CT molecular complexity index is 1400. The lowest BCUT2D eigenvalue weighted by atomic mass is 9.98. The van der Waals surface area contributed by atoms with E-state index in [1.165, 1.54) is 6.33 Å². The van der Waals surface area contributed by atoms with Crippen LogP contribution in [0.3, 0.4) is 0 Å². The molecule has 1 saturated heterocycles. The number of ether oxygens (including phenoxy) is 2. The Labute approximate surface area is 216 Å². The van der Waals surface area contributed by atoms with E-state index in [2.05, 4.69) is 33.8 Å². The molecular formula is C27H35N7O3. The number of methoxy groups -OCH3 is 1. The lowest BCUT2D eigenvalue weighted by molar-refractivity contribution is -0.130. The van der Waals surface area contributed by atoms with Gasteiger partial charge in [-0.25, -0.2) is 14.5 Å². The molecule has 1 N–H and O–H groups in total. The molecular weight excluding hydrogens is 470 g/mol. The molecule has 10 nitrogen and oxygen atoms in total. The van der Waals surface area contributed by atoms with Crippen molar-refractivity contribution in [1.82, 2.24) is 34.4 Å². The SMILES string of the molecule is COc1cc(-c2[nH]c3ccc(OCC4CCN(CC(=O)N(C)C)CC4)nc3c2C(C)C)cn2ncnc12. The number of aromatic nitrogens is 5. The van der Waals surface area contributed by atoms with E-state index in [-0.39, 0.29) is 11.8 Å². The summed E-state index contributed by atoms with van der Waals surface area (Å²) in [5.74, 6) is 2.14. The summed E-state index contributed by atoms with van der Waals surface area (Å²) in [4.78, 5) is 28.6. The van der Waals surface area contributed by atoms with E-state index >= 15 is 0 Å². The first-order valence-electron chi connectivity index (χ1n) is 12.8. The fourth-order valence-corrected chi connectivity index (χ4v) is 4.97. The highest BCUT2D eigenvalue weighted by Crippen LogP contribution is 2.37. The number of hydrogen-bond acceptors (Lipinski definition) is 7. The molecule has 4 aromatic rings. The fourth-order valence-electron chi connectivity index (χ4n) is 4.97. The largest absolute Gasteiger partial charge is 0.493 e. The first-order valence-corrected chi connectivity index (χ1v) is 12.8. The molecule has 1 aliphatic rings. The minimum absolute atomic E-state index is 0.152. The van der Waals surface area contributed by atoms with E-state index in [1.54, 1.807) is 30.6 Å². The minimum atomic E-state index is 0.152. The van der Waals surface area contributed by atoms with E-state index in [9.17, 15) is 4.79 Å². The lowest BCUT2D eigenvalue weighted by Crippen LogP contribution is -2.41. The van der Waals surface area contributed by atoms with Crippen LogP contribution >= 0.6 is 0 Å². The third-order valence-corrected chi connectivity index (χ3v) is 7.11. The first kappa shape index (κ1) is 25.0. The average molecular weight is 506 g/mol. The molecule has 5 heterocycles. The Morgan fingerprint density at radius 1 is 1.24 bits per heavy atom. The molecule has 5 rings (SSSR count). The molecule has 0 unspecified atom stereocenters. The maximum Gasteiger partial charge on any atom is 0.236 e. The Balaban J connectivity index is 1.33. The van der Waals surface area contributed by atoms with E-state index in [0.717, 1.165) is 53.8 Å². The summed E-state index contributed by atoms with van der Waals surface area (Å²) in [6, 6.07) is 5.95. The Morgan fingerprint density at radius 3 is 2.73 bits per heavy atom. The van der Waals surface area contributed by atoms with Crippen LogP contribution in [0.4, 0.5) is 0 Å². The normalized spacial score (nSPS) is 15.1. The summed E-state index contributed by atoms with van der Waals surface area (Å²) < 4.78 is 13.5. The number of carbonyl (C=O) groups excluding carboxylic acids is 1. The van der Waals surface area contributed by atoms with Gasteiger partial charge in [-0.05, 0) is 49.9 Å². The van der Waals surface area contributed by atoms with Gasteiger partial charge in [0.2, 0.25) is 11.8 Å². The van der Waals surface area contributed by atoms with Gasteiger partial charge in [-0.1, -0.05) is 13.8 Å². The van der Waals surface area contributed by atoms with Crippen LogP contribution < -0.4 is 9.47 Å². The molecule has 1 aliphatic heterocycles. The summed E-state index contributed by atoms with van der Waals surface area (Å²) in [5, 5.41) is 4.31. The van der Waals surface area contributed by atoms with E-state index in [4.69, 9.17) is 14.5 Å². The van der Waals surface area contributed by atoms with Crippen LogP contribution in [0.5, 0.6) is 11.6 Å².